The molecule has 0 aliphatic rings. The fourth-order valence-corrected chi connectivity index (χ4v) is 2.40. The molecule has 0 atom stereocenters. The van der Waals surface area contributed by atoms with E-state index >= 15 is 0 Å². The third kappa shape index (κ3) is 3.70. The Hall–Kier alpha value is -1.61. The molecule has 2 nitrogen and oxygen atoms in total. The van der Waals surface area contributed by atoms with E-state index in [2.05, 4.69) is 12.1 Å². The van der Waals surface area contributed by atoms with Gasteiger partial charge in [-0.2, -0.15) is 0 Å². The number of nitrogens with two attached hydrogens (primary N) is 1. The summed E-state index contributed by atoms with van der Waals surface area (Å²) >= 11 is 1.78. The van der Waals surface area contributed by atoms with E-state index in [-0.39, 0.29) is 0 Å². The molecule has 18 heavy (non-hydrogen) atoms. The molecule has 2 aromatic carbocycles. The minimum Gasteiger partial charge on any atom is -0.493 e. The average molecular weight is 259 g/mol. The van der Waals surface area contributed by atoms with E-state index in [4.69, 9.17) is 10.5 Å². The second-order valence-electron chi connectivity index (χ2n) is 4.03. The van der Waals surface area contributed by atoms with Crippen LogP contribution in [0.25, 0.3) is 0 Å². The van der Waals surface area contributed by atoms with Gasteiger partial charge in [0, 0.05) is 16.3 Å². The number of benzene rings is 2. The monoisotopic (exact) mass is 259 g/mol. The van der Waals surface area contributed by atoms with Crippen LogP contribution in [0.1, 0.15) is 5.56 Å². The van der Waals surface area contributed by atoms with Crippen molar-refractivity contribution in [1.82, 2.24) is 0 Å². The maximum absolute atomic E-state index is 5.79. The van der Waals surface area contributed by atoms with Crippen molar-refractivity contribution in [2.45, 2.75) is 11.8 Å². The Morgan fingerprint density at radius 3 is 2.61 bits per heavy atom. The summed E-state index contributed by atoms with van der Waals surface area (Å²) < 4.78 is 5.64. The number of hydrogen-bond acceptors (Lipinski definition) is 3. The van der Waals surface area contributed by atoms with Gasteiger partial charge in [0.2, 0.25) is 0 Å². The number of thioether (sulfide) groups is 1. The minimum atomic E-state index is 0.706. The minimum absolute atomic E-state index is 0.706. The first kappa shape index (κ1) is 12.8. The van der Waals surface area contributed by atoms with Crippen molar-refractivity contribution >= 4 is 17.4 Å². The lowest BCUT2D eigenvalue weighted by Crippen LogP contribution is -1.99. The molecule has 0 aromatic heterocycles. The normalized spacial score (nSPS) is 10.3. The van der Waals surface area contributed by atoms with Crippen molar-refractivity contribution in [3.05, 3.63) is 54.1 Å². The predicted molar refractivity (Wildman–Crippen MR) is 78.3 cm³/mol. The van der Waals surface area contributed by atoms with Crippen molar-refractivity contribution in [3.63, 3.8) is 0 Å². The Morgan fingerprint density at radius 2 is 1.89 bits per heavy atom. The maximum atomic E-state index is 5.79. The van der Waals surface area contributed by atoms with Gasteiger partial charge in [0.15, 0.2) is 0 Å². The summed E-state index contributed by atoms with van der Waals surface area (Å²) in [6.07, 6.45) is 0. The van der Waals surface area contributed by atoms with Crippen molar-refractivity contribution < 1.29 is 4.74 Å². The largest absolute Gasteiger partial charge is 0.493 e. The molecule has 0 saturated carbocycles. The van der Waals surface area contributed by atoms with Crippen molar-refractivity contribution in [3.8, 4) is 5.75 Å². The van der Waals surface area contributed by atoms with Crippen LogP contribution in [0.3, 0.4) is 0 Å². The zero-order valence-corrected chi connectivity index (χ0v) is 11.2. The van der Waals surface area contributed by atoms with E-state index in [1.54, 1.807) is 11.8 Å². The SMILES string of the molecule is Cc1cc(SCCOc2ccccc2)ccc1N. The Morgan fingerprint density at radius 1 is 1.11 bits per heavy atom. The second-order valence-corrected chi connectivity index (χ2v) is 5.20. The molecule has 2 N–H and O–H groups in total. The van der Waals surface area contributed by atoms with Gasteiger partial charge < -0.3 is 10.5 Å². The summed E-state index contributed by atoms with van der Waals surface area (Å²) in [5.41, 5.74) is 7.76. The van der Waals surface area contributed by atoms with Gasteiger partial charge in [-0.05, 0) is 42.8 Å². The van der Waals surface area contributed by atoms with Gasteiger partial charge in [0.1, 0.15) is 5.75 Å². The first-order chi connectivity index (χ1) is 8.75. The quantitative estimate of drug-likeness (QED) is 0.504. The Kier molecular flexibility index (Phi) is 4.53. The number of para-hydroxylation sites is 1. The number of ether oxygens (including phenoxy) is 1. The molecule has 0 fully saturated rings. The summed E-state index contributed by atoms with van der Waals surface area (Å²) in [6.45, 7) is 2.73. The number of aryl methyl sites for hydroxylation is 1. The summed E-state index contributed by atoms with van der Waals surface area (Å²) in [4.78, 5) is 1.23. The molecule has 2 rings (SSSR count). The van der Waals surface area contributed by atoms with Crippen LogP contribution in [0.2, 0.25) is 0 Å². The topological polar surface area (TPSA) is 35.2 Å². The molecule has 0 aliphatic carbocycles. The summed E-state index contributed by atoms with van der Waals surface area (Å²) in [5.74, 6) is 1.85. The highest BCUT2D eigenvalue weighted by Crippen LogP contribution is 2.22. The Labute approximate surface area is 112 Å². The maximum Gasteiger partial charge on any atom is 0.119 e. The first-order valence-electron chi connectivity index (χ1n) is 5.92. The molecule has 0 radical (unpaired) electrons. The van der Waals surface area contributed by atoms with Crippen molar-refractivity contribution in [2.24, 2.45) is 0 Å². The van der Waals surface area contributed by atoms with Gasteiger partial charge in [0.05, 0.1) is 6.61 Å². The lowest BCUT2D eigenvalue weighted by Gasteiger charge is -2.07. The second kappa shape index (κ2) is 6.36. The van der Waals surface area contributed by atoms with Gasteiger partial charge in [-0.1, -0.05) is 18.2 Å². The lowest BCUT2D eigenvalue weighted by atomic mass is 10.2. The molecule has 0 unspecified atom stereocenters. The Balaban J connectivity index is 1.77. The van der Waals surface area contributed by atoms with Crippen LogP contribution >= 0.6 is 11.8 Å². The van der Waals surface area contributed by atoms with Crippen molar-refractivity contribution in [1.29, 1.82) is 0 Å². The van der Waals surface area contributed by atoms with Crippen LogP contribution in [-0.4, -0.2) is 12.4 Å². The standard InChI is InChI=1S/C15H17NOS/c1-12-11-14(7-8-15(12)16)18-10-9-17-13-5-3-2-4-6-13/h2-8,11H,9-10,16H2,1H3. The van der Waals surface area contributed by atoms with E-state index in [0.717, 1.165) is 22.8 Å². The summed E-state index contributed by atoms with van der Waals surface area (Å²) in [5, 5.41) is 0. The van der Waals surface area contributed by atoms with Crippen LogP contribution < -0.4 is 10.5 Å². The average Bonchev–Trinajstić information content (AvgIpc) is 2.40. The highest BCUT2D eigenvalue weighted by molar-refractivity contribution is 7.99. The van der Waals surface area contributed by atoms with E-state index in [9.17, 15) is 0 Å². The smallest absolute Gasteiger partial charge is 0.119 e. The fraction of sp³-hybridized carbons (Fsp3) is 0.200. The molecule has 2 aromatic rings. The number of rotatable bonds is 5. The molecule has 0 heterocycles. The molecule has 0 spiro atoms. The van der Waals surface area contributed by atoms with Crippen LogP contribution in [-0.2, 0) is 0 Å². The third-order valence-electron chi connectivity index (χ3n) is 2.61. The summed E-state index contributed by atoms with van der Waals surface area (Å²) in [7, 11) is 0. The first-order valence-corrected chi connectivity index (χ1v) is 6.91. The van der Waals surface area contributed by atoms with E-state index in [1.807, 2.05) is 43.3 Å². The van der Waals surface area contributed by atoms with Gasteiger partial charge in [-0.25, -0.2) is 0 Å². The molecule has 0 aliphatic heterocycles. The van der Waals surface area contributed by atoms with E-state index in [1.165, 1.54) is 4.90 Å². The Bertz CT molecular complexity index is 499. The highest BCUT2D eigenvalue weighted by atomic mass is 32.2. The lowest BCUT2D eigenvalue weighted by molar-refractivity contribution is 0.344. The fourth-order valence-electron chi connectivity index (χ4n) is 1.57. The zero-order chi connectivity index (χ0) is 12.8. The molecule has 0 amide bonds. The number of nitrogen functional groups attached to an aromatic ring is 1. The molecule has 0 bridgehead atoms. The molecular formula is C15H17NOS. The molecule has 94 valence electrons. The van der Waals surface area contributed by atoms with Crippen LogP contribution in [0.15, 0.2) is 53.4 Å². The third-order valence-corrected chi connectivity index (χ3v) is 3.56. The van der Waals surface area contributed by atoms with Crippen molar-refractivity contribution in [2.75, 3.05) is 18.1 Å². The van der Waals surface area contributed by atoms with Gasteiger partial charge in [-0.15, -0.1) is 11.8 Å². The number of hydrogen-bond donors (Lipinski definition) is 1. The van der Waals surface area contributed by atoms with Gasteiger partial charge in [0.25, 0.3) is 0 Å². The number of anilines is 1. The zero-order valence-electron chi connectivity index (χ0n) is 10.4. The molecular weight excluding hydrogens is 242 g/mol. The van der Waals surface area contributed by atoms with E-state index < -0.39 is 0 Å². The highest BCUT2D eigenvalue weighted by Gasteiger charge is 1.98. The van der Waals surface area contributed by atoms with Crippen LogP contribution in [0.4, 0.5) is 5.69 Å². The molecule has 0 saturated heterocycles. The van der Waals surface area contributed by atoms with E-state index in [0.29, 0.717) is 6.61 Å². The molecule has 3 heteroatoms. The van der Waals surface area contributed by atoms with Crippen LogP contribution in [0, 0.1) is 6.92 Å². The predicted octanol–water partition coefficient (Wildman–Crippen LogP) is 3.75. The van der Waals surface area contributed by atoms with Gasteiger partial charge in [-0.3, -0.25) is 0 Å². The van der Waals surface area contributed by atoms with Gasteiger partial charge >= 0.3 is 0 Å². The summed E-state index contributed by atoms with van der Waals surface area (Å²) in [6, 6.07) is 16.0. The van der Waals surface area contributed by atoms with Crippen LogP contribution in [0.5, 0.6) is 5.75 Å².